The first-order valence-corrected chi connectivity index (χ1v) is 14.2. The second-order valence-corrected chi connectivity index (χ2v) is 11.1. The lowest BCUT2D eigenvalue weighted by atomic mass is 10.1. The van der Waals surface area contributed by atoms with Gasteiger partial charge in [0.25, 0.3) is 0 Å². The fourth-order valence-electron chi connectivity index (χ4n) is 3.44. The minimum Gasteiger partial charge on any atom is -0.307 e. The van der Waals surface area contributed by atoms with Gasteiger partial charge in [-0.15, -0.1) is 0 Å². The standard InChI is InChI=1S/C24H52NO3P/c1-6-10-14-15-16-17-18-19-21-25-24(5,20-11-7-2)29(26,27-22-12-8-3)28-23-13-9-4/h25H,6-23H2,1-5H3. The summed E-state index contributed by atoms with van der Waals surface area (Å²) >= 11 is 0. The van der Waals surface area contributed by atoms with Crippen LogP contribution in [0.2, 0.25) is 0 Å². The third kappa shape index (κ3) is 13.2. The van der Waals surface area contributed by atoms with Crippen molar-refractivity contribution in [3.8, 4) is 0 Å². The Labute approximate surface area is 182 Å². The summed E-state index contributed by atoms with van der Waals surface area (Å²) < 4.78 is 25.8. The van der Waals surface area contributed by atoms with Crippen LogP contribution in [-0.4, -0.2) is 25.0 Å². The highest BCUT2D eigenvalue weighted by atomic mass is 31.2. The van der Waals surface area contributed by atoms with Crippen LogP contribution in [0.5, 0.6) is 0 Å². The predicted molar refractivity (Wildman–Crippen MR) is 128 cm³/mol. The average Bonchev–Trinajstić information content (AvgIpc) is 2.71. The molecule has 0 aliphatic heterocycles. The molecule has 0 radical (unpaired) electrons. The quantitative estimate of drug-likeness (QED) is 0.137. The fraction of sp³-hybridized carbons (Fsp3) is 1.00. The van der Waals surface area contributed by atoms with Gasteiger partial charge in [0.1, 0.15) is 5.28 Å². The maximum Gasteiger partial charge on any atom is 0.350 e. The summed E-state index contributed by atoms with van der Waals surface area (Å²) in [5.74, 6) is 0. The van der Waals surface area contributed by atoms with E-state index in [1.807, 2.05) is 0 Å². The molecule has 0 saturated heterocycles. The molecule has 29 heavy (non-hydrogen) atoms. The Morgan fingerprint density at radius 3 is 1.59 bits per heavy atom. The number of hydrogen-bond acceptors (Lipinski definition) is 4. The summed E-state index contributed by atoms with van der Waals surface area (Å²) in [4.78, 5) is 0. The fourth-order valence-corrected chi connectivity index (χ4v) is 5.56. The number of unbranched alkanes of at least 4 members (excludes halogenated alkanes) is 10. The zero-order chi connectivity index (χ0) is 21.8. The minimum atomic E-state index is -3.22. The maximum absolute atomic E-state index is 13.9. The van der Waals surface area contributed by atoms with Crippen LogP contribution in [0.4, 0.5) is 0 Å². The van der Waals surface area contributed by atoms with E-state index in [2.05, 4.69) is 39.9 Å². The number of hydrogen-bond donors (Lipinski definition) is 1. The lowest BCUT2D eigenvalue weighted by Gasteiger charge is -2.37. The van der Waals surface area contributed by atoms with E-state index in [1.165, 1.54) is 44.9 Å². The molecule has 0 amide bonds. The molecule has 0 aromatic heterocycles. The van der Waals surface area contributed by atoms with Gasteiger partial charge in [-0.05, 0) is 39.2 Å². The van der Waals surface area contributed by atoms with E-state index in [9.17, 15) is 4.57 Å². The Morgan fingerprint density at radius 2 is 1.10 bits per heavy atom. The van der Waals surface area contributed by atoms with E-state index in [0.717, 1.165) is 57.9 Å². The van der Waals surface area contributed by atoms with Crippen LogP contribution in [0.15, 0.2) is 0 Å². The molecule has 0 heterocycles. The van der Waals surface area contributed by atoms with Gasteiger partial charge in [-0.3, -0.25) is 4.57 Å². The molecule has 0 aliphatic carbocycles. The first-order chi connectivity index (χ1) is 14.0. The second kappa shape index (κ2) is 18.8. The first kappa shape index (κ1) is 29.1. The highest BCUT2D eigenvalue weighted by Gasteiger charge is 2.46. The van der Waals surface area contributed by atoms with E-state index >= 15 is 0 Å². The van der Waals surface area contributed by atoms with Gasteiger partial charge in [0.2, 0.25) is 0 Å². The summed E-state index contributed by atoms with van der Waals surface area (Å²) in [6, 6.07) is 0. The van der Waals surface area contributed by atoms with Crippen molar-refractivity contribution in [3.05, 3.63) is 0 Å². The lowest BCUT2D eigenvalue weighted by Crippen LogP contribution is -2.44. The van der Waals surface area contributed by atoms with Crippen LogP contribution in [0.1, 0.15) is 131 Å². The number of nitrogens with one attached hydrogen (secondary N) is 1. The summed E-state index contributed by atoms with van der Waals surface area (Å²) in [5.41, 5.74) is 0. The molecule has 5 heteroatoms. The van der Waals surface area contributed by atoms with Crippen LogP contribution < -0.4 is 5.32 Å². The SMILES string of the molecule is CCCCCCCCCCNC(C)(CCCC)P(=O)(OCCCC)OCCCC. The third-order valence-corrected chi connectivity index (χ3v) is 8.31. The molecule has 176 valence electrons. The van der Waals surface area contributed by atoms with Crippen molar-refractivity contribution in [3.63, 3.8) is 0 Å². The van der Waals surface area contributed by atoms with Gasteiger partial charge in [-0.2, -0.15) is 0 Å². The van der Waals surface area contributed by atoms with Gasteiger partial charge in [-0.25, -0.2) is 0 Å². The Balaban J connectivity index is 4.71. The second-order valence-electron chi connectivity index (χ2n) is 8.65. The van der Waals surface area contributed by atoms with Crippen molar-refractivity contribution >= 4 is 7.60 Å². The van der Waals surface area contributed by atoms with Crippen LogP contribution in [-0.2, 0) is 13.6 Å². The molecule has 1 atom stereocenters. The monoisotopic (exact) mass is 433 g/mol. The normalized spacial score (nSPS) is 14.2. The van der Waals surface area contributed by atoms with Gasteiger partial charge >= 0.3 is 7.60 Å². The Morgan fingerprint density at radius 1 is 0.655 bits per heavy atom. The summed E-state index contributed by atoms with van der Waals surface area (Å²) in [6.07, 6.45) is 17.3. The Kier molecular flexibility index (Phi) is 18.9. The van der Waals surface area contributed by atoms with Crippen molar-refractivity contribution in [2.24, 2.45) is 0 Å². The maximum atomic E-state index is 13.9. The van der Waals surface area contributed by atoms with E-state index in [0.29, 0.717) is 13.2 Å². The molecule has 0 spiro atoms. The smallest absolute Gasteiger partial charge is 0.307 e. The average molecular weight is 434 g/mol. The Bertz CT molecular complexity index is 392. The van der Waals surface area contributed by atoms with Gasteiger partial charge in [0, 0.05) is 0 Å². The minimum absolute atomic E-state index is 0.515. The topological polar surface area (TPSA) is 47.6 Å². The molecule has 0 aromatic rings. The largest absolute Gasteiger partial charge is 0.350 e. The highest BCUT2D eigenvalue weighted by molar-refractivity contribution is 7.55. The zero-order valence-corrected chi connectivity index (χ0v) is 21.3. The van der Waals surface area contributed by atoms with Gasteiger partial charge in [0.15, 0.2) is 0 Å². The van der Waals surface area contributed by atoms with Crippen molar-refractivity contribution in [2.75, 3.05) is 19.8 Å². The van der Waals surface area contributed by atoms with Gasteiger partial charge < -0.3 is 14.4 Å². The van der Waals surface area contributed by atoms with Crippen LogP contribution in [0.25, 0.3) is 0 Å². The zero-order valence-electron chi connectivity index (χ0n) is 20.4. The molecular formula is C24H52NO3P. The molecular weight excluding hydrogens is 381 g/mol. The van der Waals surface area contributed by atoms with Crippen molar-refractivity contribution in [1.82, 2.24) is 5.32 Å². The molecule has 4 nitrogen and oxygen atoms in total. The highest BCUT2D eigenvalue weighted by Crippen LogP contribution is 2.60. The molecule has 0 saturated carbocycles. The van der Waals surface area contributed by atoms with Crippen LogP contribution in [0.3, 0.4) is 0 Å². The summed E-state index contributed by atoms with van der Waals surface area (Å²) in [5, 5.41) is 3.03. The molecule has 0 aliphatic rings. The third-order valence-electron chi connectivity index (χ3n) is 5.68. The lowest BCUT2D eigenvalue weighted by molar-refractivity contribution is 0.169. The van der Waals surface area contributed by atoms with Crippen molar-refractivity contribution in [1.29, 1.82) is 0 Å². The Hall–Kier alpha value is 0.110. The number of rotatable bonds is 22. The predicted octanol–water partition coefficient (Wildman–Crippen LogP) is 8.45. The summed E-state index contributed by atoms with van der Waals surface area (Å²) in [6.45, 7) is 12.7. The van der Waals surface area contributed by atoms with Gasteiger partial charge in [0.05, 0.1) is 13.2 Å². The molecule has 0 fully saturated rings. The molecule has 1 N–H and O–H groups in total. The van der Waals surface area contributed by atoms with Crippen LogP contribution in [0, 0.1) is 0 Å². The molecule has 0 aromatic carbocycles. The molecule has 0 rings (SSSR count). The molecule has 1 unspecified atom stereocenters. The van der Waals surface area contributed by atoms with Crippen molar-refractivity contribution < 1.29 is 13.6 Å². The van der Waals surface area contributed by atoms with E-state index in [1.54, 1.807) is 0 Å². The van der Waals surface area contributed by atoms with E-state index in [-0.39, 0.29) is 0 Å². The van der Waals surface area contributed by atoms with Crippen LogP contribution >= 0.6 is 7.60 Å². The van der Waals surface area contributed by atoms with Crippen molar-refractivity contribution in [2.45, 2.75) is 136 Å². The van der Waals surface area contributed by atoms with E-state index in [4.69, 9.17) is 9.05 Å². The molecule has 0 bridgehead atoms. The van der Waals surface area contributed by atoms with Gasteiger partial charge in [-0.1, -0.05) is 98.3 Å². The summed E-state index contributed by atoms with van der Waals surface area (Å²) in [7, 11) is -3.22. The first-order valence-electron chi connectivity index (χ1n) is 12.6. The van der Waals surface area contributed by atoms with E-state index < -0.39 is 12.9 Å².